The van der Waals surface area contributed by atoms with Gasteiger partial charge >= 0.3 is 5.97 Å². The van der Waals surface area contributed by atoms with E-state index in [1.165, 1.54) is 0 Å². The van der Waals surface area contributed by atoms with Gasteiger partial charge in [-0.15, -0.1) is 0 Å². The van der Waals surface area contributed by atoms with Crippen molar-refractivity contribution >= 4 is 17.6 Å². The van der Waals surface area contributed by atoms with E-state index in [0.29, 0.717) is 19.5 Å². The van der Waals surface area contributed by atoms with Crippen LogP contribution in [0.5, 0.6) is 0 Å². The number of hydrogen-bond donors (Lipinski definition) is 2. The van der Waals surface area contributed by atoms with E-state index >= 15 is 0 Å². The van der Waals surface area contributed by atoms with Crippen LogP contribution in [0, 0.1) is 5.92 Å². The summed E-state index contributed by atoms with van der Waals surface area (Å²) in [6, 6.07) is 7.54. The summed E-state index contributed by atoms with van der Waals surface area (Å²) in [4.78, 5) is 25.1. The average molecular weight is 276 g/mol. The molecule has 1 aromatic carbocycles. The molecule has 20 heavy (non-hydrogen) atoms. The highest BCUT2D eigenvalue weighted by molar-refractivity contribution is 5.97. The maximum absolute atomic E-state index is 12.5. The van der Waals surface area contributed by atoms with E-state index in [4.69, 9.17) is 10.8 Å². The zero-order valence-corrected chi connectivity index (χ0v) is 11.6. The summed E-state index contributed by atoms with van der Waals surface area (Å²) in [5.74, 6) is -1.08. The predicted molar refractivity (Wildman–Crippen MR) is 76.6 cm³/mol. The molecule has 0 radical (unpaired) electrons. The number of carbonyl (C=O) groups is 2. The maximum atomic E-state index is 12.5. The number of nitrogens with zero attached hydrogens (tertiary/aromatic N) is 1. The first-order valence-corrected chi connectivity index (χ1v) is 6.86. The third-order valence-corrected chi connectivity index (χ3v) is 3.78. The van der Waals surface area contributed by atoms with Crippen LogP contribution in [-0.2, 0) is 9.59 Å². The monoisotopic (exact) mass is 276 g/mol. The Morgan fingerprint density at radius 2 is 2.15 bits per heavy atom. The van der Waals surface area contributed by atoms with Crippen LogP contribution in [0.3, 0.4) is 0 Å². The lowest BCUT2D eigenvalue weighted by Gasteiger charge is -2.21. The summed E-state index contributed by atoms with van der Waals surface area (Å²) in [6.45, 7) is 2.78. The molecule has 0 aromatic heterocycles. The molecule has 0 saturated heterocycles. The van der Waals surface area contributed by atoms with Crippen LogP contribution in [0.25, 0.3) is 0 Å². The third kappa shape index (κ3) is 2.82. The molecule has 0 spiro atoms. The highest BCUT2D eigenvalue weighted by Gasteiger charge is 2.34. The number of carbonyl (C=O) groups excluding carboxylic acids is 1. The van der Waals surface area contributed by atoms with E-state index < -0.39 is 5.97 Å². The Balaban J connectivity index is 2.24. The molecule has 0 aliphatic carbocycles. The molecule has 0 bridgehead atoms. The third-order valence-electron chi connectivity index (χ3n) is 3.78. The molecule has 1 aromatic rings. The molecular weight excluding hydrogens is 256 g/mol. The van der Waals surface area contributed by atoms with Crippen LogP contribution < -0.4 is 10.6 Å². The molecule has 1 aliphatic rings. The van der Waals surface area contributed by atoms with E-state index in [-0.39, 0.29) is 24.2 Å². The molecule has 108 valence electrons. The summed E-state index contributed by atoms with van der Waals surface area (Å²) < 4.78 is 0. The van der Waals surface area contributed by atoms with E-state index in [0.717, 1.165) is 11.3 Å². The zero-order chi connectivity index (χ0) is 14.7. The molecule has 1 heterocycles. The molecule has 2 unspecified atom stereocenters. The number of anilines is 1. The van der Waals surface area contributed by atoms with Gasteiger partial charge in [-0.1, -0.05) is 25.1 Å². The summed E-state index contributed by atoms with van der Waals surface area (Å²) in [6.07, 6.45) is 0.688. The highest BCUT2D eigenvalue weighted by Crippen LogP contribution is 2.38. The van der Waals surface area contributed by atoms with Gasteiger partial charge in [0.05, 0.1) is 6.42 Å². The number of para-hydroxylation sites is 1. The maximum Gasteiger partial charge on any atom is 0.304 e. The Morgan fingerprint density at radius 3 is 2.80 bits per heavy atom. The van der Waals surface area contributed by atoms with Crippen LogP contribution in [0.15, 0.2) is 24.3 Å². The van der Waals surface area contributed by atoms with Crippen molar-refractivity contribution in [2.45, 2.75) is 25.7 Å². The van der Waals surface area contributed by atoms with Crippen LogP contribution >= 0.6 is 0 Å². The van der Waals surface area contributed by atoms with Crippen molar-refractivity contribution in [3.63, 3.8) is 0 Å². The van der Waals surface area contributed by atoms with Gasteiger partial charge < -0.3 is 15.7 Å². The molecule has 3 N–H and O–H groups in total. The van der Waals surface area contributed by atoms with E-state index in [1.54, 1.807) is 4.90 Å². The van der Waals surface area contributed by atoms with Gasteiger partial charge in [0, 0.05) is 24.1 Å². The number of nitrogens with two attached hydrogens (primary N) is 1. The number of aliphatic carboxylic acids is 1. The van der Waals surface area contributed by atoms with Gasteiger partial charge in [0.15, 0.2) is 0 Å². The molecule has 1 aliphatic heterocycles. The lowest BCUT2D eigenvalue weighted by Crippen LogP contribution is -2.35. The minimum absolute atomic E-state index is 0.0239. The zero-order valence-electron chi connectivity index (χ0n) is 11.6. The smallest absolute Gasteiger partial charge is 0.304 e. The van der Waals surface area contributed by atoms with E-state index in [9.17, 15) is 9.59 Å². The van der Waals surface area contributed by atoms with Gasteiger partial charge in [-0.3, -0.25) is 9.59 Å². The average Bonchev–Trinajstić information content (AvgIpc) is 2.77. The second kappa shape index (κ2) is 6.05. The molecule has 0 saturated carbocycles. The van der Waals surface area contributed by atoms with Crippen LogP contribution in [0.2, 0.25) is 0 Å². The van der Waals surface area contributed by atoms with Gasteiger partial charge in [0.1, 0.15) is 0 Å². The van der Waals surface area contributed by atoms with Crippen LogP contribution in [-0.4, -0.2) is 30.1 Å². The molecule has 2 rings (SSSR count). The Bertz CT molecular complexity index is 516. The molecule has 1 amide bonds. The normalized spacial score (nSPS) is 18.7. The van der Waals surface area contributed by atoms with Gasteiger partial charge in [-0.25, -0.2) is 0 Å². The minimum Gasteiger partial charge on any atom is -0.481 e. The number of carboxylic acid groups (broad SMARTS) is 1. The highest BCUT2D eigenvalue weighted by atomic mass is 16.4. The van der Waals surface area contributed by atoms with Gasteiger partial charge in [0.25, 0.3) is 0 Å². The number of carboxylic acids is 1. The molecule has 2 atom stereocenters. The first-order chi connectivity index (χ1) is 9.54. The Hall–Kier alpha value is -1.88. The number of amides is 1. The first-order valence-electron chi connectivity index (χ1n) is 6.86. The van der Waals surface area contributed by atoms with Crippen molar-refractivity contribution in [3.05, 3.63) is 29.8 Å². The first kappa shape index (κ1) is 14.5. The summed E-state index contributed by atoms with van der Waals surface area (Å²) in [7, 11) is 0. The SMILES string of the molecule is CC(CCN)C(=O)N1CC(CC(=O)O)c2ccccc21. The standard InChI is InChI=1S/C15H20N2O3/c1-10(6-7-16)15(20)17-9-11(8-14(18)19)12-4-2-3-5-13(12)17/h2-5,10-11H,6-9,16H2,1H3,(H,18,19). The minimum atomic E-state index is -0.839. The van der Waals surface area contributed by atoms with Crippen molar-refractivity contribution in [3.8, 4) is 0 Å². The van der Waals surface area contributed by atoms with Crippen molar-refractivity contribution in [2.24, 2.45) is 11.7 Å². The number of benzene rings is 1. The quantitative estimate of drug-likeness (QED) is 0.855. The van der Waals surface area contributed by atoms with Gasteiger partial charge in [0.2, 0.25) is 5.91 Å². The Labute approximate surface area is 118 Å². The second-order valence-corrected chi connectivity index (χ2v) is 5.28. The Morgan fingerprint density at radius 1 is 1.45 bits per heavy atom. The number of hydrogen-bond acceptors (Lipinski definition) is 3. The van der Waals surface area contributed by atoms with Crippen LogP contribution in [0.4, 0.5) is 5.69 Å². The van der Waals surface area contributed by atoms with Gasteiger partial charge in [-0.2, -0.15) is 0 Å². The van der Waals surface area contributed by atoms with E-state index in [2.05, 4.69) is 0 Å². The van der Waals surface area contributed by atoms with Crippen molar-refractivity contribution in [1.82, 2.24) is 0 Å². The van der Waals surface area contributed by atoms with Gasteiger partial charge in [-0.05, 0) is 24.6 Å². The summed E-state index contributed by atoms with van der Waals surface area (Å²) in [5.41, 5.74) is 7.29. The fourth-order valence-corrected chi connectivity index (χ4v) is 2.73. The lowest BCUT2D eigenvalue weighted by molar-refractivity contribution is -0.137. The van der Waals surface area contributed by atoms with Crippen molar-refractivity contribution in [2.75, 3.05) is 18.0 Å². The summed E-state index contributed by atoms with van der Waals surface area (Å²) >= 11 is 0. The summed E-state index contributed by atoms with van der Waals surface area (Å²) in [5, 5.41) is 9.00. The van der Waals surface area contributed by atoms with E-state index in [1.807, 2.05) is 31.2 Å². The number of rotatable bonds is 5. The molecule has 0 fully saturated rings. The molecular formula is C15H20N2O3. The fourth-order valence-electron chi connectivity index (χ4n) is 2.73. The fraction of sp³-hybridized carbons (Fsp3) is 0.467. The molecule has 5 heteroatoms. The molecule has 5 nitrogen and oxygen atoms in total. The topological polar surface area (TPSA) is 83.6 Å². The predicted octanol–water partition coefficient (Wildman–Crippen LogP) is 1.58. The number of fused-ring (bicyclic) bond motifs is 1. The largest absolute Gasteiger partial charge is 0.481 e. The second-order valence-electron chi connectivity index (χ2n) is 5.28. The van der Waals surface area contributed by atoms with Crippen molar-refractivity contribution < 1.29 is 14.7 Å². The lowest BCUT2D eigenvalue weighted by atomic mass is 9.98. The van der Waals surface area contributed by atoms with Crippen LogP contribution in [0.1, 0.15) is 31.2 Å². The Kier molecular flexibility index (Phi) is 4.39. The van der Waals surface area contributed by atoms with Crippen molar-refractivity contribution in [1.29, 1.82) is 0 Å².